The number of hydrogen-bond donors (Lipinski definition) is 1. The third-order valence-corrected chi connectivity index (χ3v) is 4.90. The van der Waals surface area contributed by atoms with Crippen molar-refractivity contribution in [1.29, 1.82) is 0 Å². The maximum atomic E-state index is 14.4. The minimum atomic E-state index is -1.85. The van der Waals surface area contributed by atoms with E-state index in [-0.39, 0.29) is 17.7 Å². The second kappa shape index (κ2) is 6.89. The highest BCUT2D eigenvalue weighted by Crippen LogP contribution is 2.41. The Kier molecular flexibility index (Phi) is 4.82. The monoisotopic (exact) mass is 365 g/mol. The fraction of sp³-hybridized carbons (Fsp3) is 0.235. The molecule has 0 aliphatic heterocycles. The van der Waals surface area contributed by atoms with Gasteiger partial charge < -0.3 is 5.11 Å². The maximum absolute atomic E-state index is 14.4. The molecule has 25 heavy (non-hydrogen) atoms. The molecule has 0 fully saturated rings. The Morgan fingerprint density at radius 3 is 2.64 bits per heavy atom. The number of rotatable bonds is 5. The lowest BCUT2D eigenvalue weighted by molar-refractivity contribution is 0.00756. The average molecular weight is 365 g/mol. The van der Waals surface area contributed by atoms with E-state index in [0.717, 1.165) is 30.1 Å². The molecule has 0 bridgehead atoms. The molecule has 130 valence electrons. The topological polar surface area (TPSA) is 58.9 Å². The summed E-state index contributed by atoms with van der Waals surface area (Å²) in [5, 5.41) is 11.4. The maximum Gasteiger partial charge on any atom is 0.163 e. The van der Waals surface area contributed by atoms with Crippen LogP contribution in [0.3, 0.4) is 0 Å². The molecule has 3 aromatic rings. The third kappa shape index (κ3) is 3.40. The van der Waals surface area contributed by atoms with Gasteiger partial charge in [0.25, 0.3) is 0 Å². The fourth-order valence-electron chi connectivity index (χ4n) is 2.79. The molecule has 0 saturated carbocycles. The molecule has 0 unspecified atom stereocenters. The molecule has 0 aliphatic carbocycles. The first-order chi connectivity index (χ1) is 11.9. The number of hydrogen-bond acceptors (Lipinski definition) is 5. The van der Waals surface area contributed by atoms with Crippen LogP contribution in [0.25, 0.3) is 0 Å². The highest BCUT2D eigenvalue weighted by atomic mass is 32.1. The van der Waals surface area contributed by atoms with Crippen molar-refractivity contribution < 1.29 is 18.3 Å². The van der Waals surface area contributed by atoms with E-state index >= 15 is 0 Å². The highest BCUT2D eigenvalue weighted by Gasteiger charge is 2.41. The summed E-state index contributed by atoms with van der Waals surface area (Å²) >= 11 is 1.14. The van der Waals surface area contributed by atoms with E-state index in [0.29, 0.717) is 10.9 Å². The molecular weight excluding hydrogens is 351 g/mol. The summed E-state index contributed by atoms with van der Waals surface area (Å²) in [5.74, 6) is -3.30. The smallest absolute Gasteiger partial charge is 0.163 e. The average Bonchev–Trinajstić information content (AvgIpc) is 3.07. The zero-order valence-corrected chi connectivity index (χ0v) is 14.0. The molecule has 2 aromatic heterocycles. The summed E-state index contributed by atoms with van der Waals surface area (Å²) < 4.78 is 45.8. The molecule has 8 heteroatoms. The number of nitrogens with zero attached hydrogens (tertiary/aromatic N) is 3. The van der Waals surface area contributed by atoms with Crippen molar-refractivity contribution >= 4 is 11.5 Å². The predicted molar refractivity (Wildman–Crippen MR) is 86.5 cm³/mol. The second-order valence-electron chi connectivity index (χ2n) is 5.68. The molecule has 0 radical (unpaired) electrons. The zero-order chi connectivity index (χ0) is 18.0. The van der Waals surface area contributed by atoms with Crippen molar-refractivity contribution in [2.75, 3.05) is 0 Å². The standard InChI is InChI=1S/C17H14F3N3OS/c1-10(16-15(20)8-21-9-22-16)17(24,7-12-4-5-23-25-12)13-3-2-11(18)6-14(13)19/h2-6,8-10,24H,7H2,1H3/t10-,17+/m0/s1. The molecule has 0 amide bonds. The Bertz CT molecular complexity index is 875. The number of aromatic nitrogens is 3. The van der Waals surface area contributed by atoms with Crippen LogP contribution in [0, 0.1) is 17.5 Å². The lowest BCUT2D eigenvalue weighted by atomic mass is 9.77. The van der Waals surface area contributed by atoms with Gasteiger partial charge in [-0.15, -0.1) is 0 Å². The van der Waals surface area contributed by atoms with Crippen molar-refractivity contribution in [3.05, 3.63) is 76.6 Å². The molecule has 1 N–H and O–H groups in total. The van der Waals surface area contributed by atoms with E-state index in [4.69, 9.17) is 0 Å². The zero-order valence-electron chi connectivity index (χ0n) is 13.2. The first-order valence-corrected chi connectivity index (χ1v) is 8.22. The van der Waals surface area contributed by atoms with Gasteiger partial charge in [0.1, 0.15) is 23.6 Å². The minimum Gasteiger partial charge on any atom is -0.384 e. The molecule has 3 rings (SSSR count). The minimum absolute atomic E-state index is 0.0230. The number of halogens is 3. The molecule has 2 atom stereocenters. The van der Waals surface area contributed by atoms with E-state index in [2.05, 4.69) is 14.3 Å². The van der Waals surface area contributed by atoms with Gasteiger partial charge in [0.05, 0.1) is 11.9 Å². The Hall–Kier alpha value is -2.32. The highest BCUT2D eigenvalue weighted by molar-refractivity contribution is 7.05. The lowest BCUT2D eigenvalue weighted by Gasteiger charge is -2.34. The van der Waals surface area contributed by atoms with Crippen LogP contribution in [0.15, 0.2) is 43.0 Å². The van der Waals surface area contributed by atoms with Crippen LogP contribution in [-0.4, -0.2) is 19.4 Å². The van der Waals surface area contributed by atoms with Gasteiger partial charge in [-0.1, -0.05) is 13.0 Å². The third-order valence-electron chi connectivity index (χ3n) is 4.16. The van der Waals surface area contributed by atoms with Gasteiger partial charge in [-0.05, 0) is 23.7 Å². The summed E-state index contributed by atoms with van der Waals surface area (Å²) in [7, 11) is 0. The lowest BCUT2D eigenvalue weighted by Crippen LogP contribution is -2.36. The normalized spacial score (nSPS) is 14.9. The molecule has 2 heterocycles. The summed E-state index contributed by atoms with van der Waals surface area (Å²) in [6.07, 6.45) is 3.66. The van der Waals surface area contributed by atoms with Crippen LogP contribution in [0.4, 0.5) is 13.2 Å². The van der Waals surface area contributed by atoms with Gasteiger partial charge in [0, 0.05) is 35.0 Å². The number of benzene rings is 1. The predicted octanol–water partition coefficient (Wildman–Crippen LogP) is 3.58. The fourth-order valence-corrected chi connectivity index (χ4v) is 3.45. The quantitative estimate of drug-likeness (QED) is 0.751. The van der Waals surface area contributed by atoms with E-state index < -0.39 is 29.0 Å². The largest absolute Gasteiger partial charge is 0.384 e. The molecule has 1 aromatic carbocycles. The molecular formula is C17H14F3N3OS. The molecule has 4 nitrogen and oxygen atoms in total. The van der Waals surface area contributed by atoms with Crippen molar-refractivity contribution in [1.82, 2.24) is 14.3 Å². The van der Waals surface area contributed by atoms with Crippen LogP contribution >= 0.6 is 11.5 Å². The van der Waals surface area contributed by atoms with E-state index in [1.165, 1.54) is 13.0 Å². The first-order valence-electron chi connectivity index (χ1n) is 7.44. The molecule has 0 saturated heterocycles. The summed E-state index contributed by atoms with van der Waals surface area (Å²) in [5.41, 5.74) is -2.03. The van der Waals surface area contributed by atoms with Crippen LogP contribution in [0.1, 0.15) is 29.0 Å². The van der Waals surface area contributed by atoms with Gasteiger partial charge in [-0.25, -0.2) is 27.5 Å². The van der Waals surface area contributed by atoms with Crippen LogP contribution in [0.2, 0.25) is 0 Å². The van der Waals surface area contributed by atoms with Crippen molar-refractivity contribution in [3.8, 4) is 0 Å². The SMILES string of the molecule is C[C@@H](c1ncncc1F)[C@](O)(Cc1ccns1)c1ccc(F)cc1F. The van der Waals surface area contributed by atoms with E-state index in [1.54, 1.807) is 12.3 Å². The van der Waals surface area contributed by atoms with Gasteiger partial charge in [-0.2, -0.15) is 0 Å². The van der Waals surface area contributed by atoms with Crippen molar-refractivity contribution in [3.63, 3.8) is 0 Å². The second-order valence-corrected chi connectivity index (χ2v) is 6.60. The Balaban J connectivity index is 2.13. The number of aliphatic hydroxyl groups is 1. The van der Waals surface area contributed by atoms with Gasteiger partial charge in [-0.3, -0.25) is 0 Å². The van der Waals surface area contributed by atoms with Gasteiger partial charge in [0.2, 0.25) is 0 Å². The van der Waals surface area contributed by atoms with Crippen molar-refractivity contribution in [2.45, 2.75) is 24.9 Å². The van der Waals surface area contributed by atoms with Crippen molar-refractivity contribution in [2.24, 2.45) is 0 Å². The van der Waals surface area contributed by atoms with Gasteiger partial charge >= 0.3 is 0 Å². The van der Waals surface area contributed by atoms with Crippen LogP contribution < -0.4 is 0 Å². The Labute approximate surface area is 146 Å². The summed E-state index contributed by atoms with van der Waals surface area (Å²) in [6, 6.07) is 4.59. The first kappa shape index (κ1) is 17.5. The summed E-state index contributed by atoms with van der Waals surface area (Å²) in [6.45, 7) is 1.54. The van der Waals surface area contributed by atoms with Crippen LogP contribution in [0.5, 0.6) is 0 Å². The van der Waals surface area contributed by atoms with Gasteiger partial charge in [0.15, 0.2) is 5.82 Å². The molecule has 0 spiro atoms. The summed E-state index contributed by atoms with van der Waals surface area (Å²) in [4.78, 5) is 8.15. The van der Waals surface area contributed by atoms with Crippen LogP contribution in [-0.2, 0) is 12.0 Å². The Morgan fingerprint density at radius 1 is 1.20 bits per heavy atom. The van der Waals surface area contributed by atoms with E-state index in [1.807, 2.05) is 0 Å². The Morgan fingerprint density at radius 2 is 2.00 bits per heavy atom. The van der Waals surface area contributed by atoms with E-state index in [9.17, 15) is 18.3 Å². The molecule has 0 aliphatic rings.